The summed E-state index contributed by atoms with van der Waals surface area (Å²) in [4.78, 5) is 34.8. The lowest BCUT2D eigenvalue weighted by Gasteiger charge is -2.23. The van der Waals surface area contributed by atoms with E-state index in [1.807, 2.05) is 13.8 Å². The summed E-state index contributed by atoms with van der Waals surface area (Å²) in [5, 5.41) is 14.2. The molecule has 0 saturated carbocycles. The number of aryl methyl sites for hydroxylation is 1. The Morgan fingerprint density at radius 2 is 1.93 bits per heavy atom. The summed E-state index contributed by atoms with van der Waals surface area (Å²) in [6, 6.07) is 6.27. The number of benzene rings is 2. The van der Waals surface area contributed by atoms with Crippen molar-refractivity contribution in [3.63, 3.8) is 0 Å². The summed E-state index contributed by atoms with van der Waals surface area (Å²) >= 11 is 6.16. The van der Waals surface area contributed by atoms with Crippen LogP contribution in [0, 0.1) is 22.9 Å². The molecule has 8 heteroatoms. The number of nitrogens with zero attached hydrogens (tertiary/aromatic N) is 1. The van der Waals surface area contributed by atoms with Crippen LogP contribution in [0.25, 0.3) is 0 Å². The Kier molecular flexibility index (Phi) is 7.81. The summed E-state index contributed by atoms with van der Waals surface area (Å²) in [6.45, 7) is 6.71. The zero-order valence-corrected chi connectivity index (χ0v) is 18.0. The fourth-order valence-corrected chi connectivity index (χ4v) is 3.68. The van der Waals surface area contributed by atoms with Gasteiger partial charge in [0.15, 0.2) is 5.78 Å². The molecule has 0 aliphatic rings. The van der Waals surface area contributed by atoms with Crippen LogP contribution in [-0.2, 0) is 4.79 Å². The maximum Gasteiger partial charge on any atom is 0.272 e. The van der Waals surface area contributed by atoms with Crippen LogP contribution < -0.4 is 5.32 Å². The number of nitro benzene ring substituents is 1. The van der Waals surface area contributed by atoms with Crippen molar-refractivity contribution < 1.29 is 18.9 Å². The van der Waals surface area contributed by atoms with Crippen LogP contribution in [-0.4, -0.2) is 22.5 Å². The Hall–Kier alpha value is -2.64. The van der Waals surface area contributed by atoms with E-state index in [0.29, 0.717) is 18.4 Å². The summed E-state index contributed by atoms with van der Waals surface area (Å²) < 4.78 is 15.4. The molecule has 30 heavy (non-hydrogen) atoms. The molecule has 0 amide bonds. The molecule has 160 valence electrons. The number of carbonyl (C=O) groups excluding carboxylic acids is 2. The lowest BCUT2D eigenvalue weighted by atomic mass is 9.95. The van der Waals surface area contributed by atoms with E-state index in [-0.39, 0.29) is 39.2 Å². The molecule has 2 rings (SSSR count). The summed E-state index contributed by atoms with van der Waals surface area (Å²) in [5.74, 6) is -1.37. The molecule has 6 nitrogen and oxygen atoms in total. The Balaban J connectivity index is 2.44. The highest BCUT2D eigenvalue weighted by Crippen LogP contribution is 2.31. The molecular weight excluding hydrogens is 411 g/mol. The Bertz CT molecular complexity index is 993. The van der Waals surface area contributed by atoms with Crippen LogP contribution in [0.15, 0.2) is 30.3 Å². The molecule has 1 N–H and O–H groups in total. The second-order valence-corrected chi connectivity index (χ2v) is 7.75. The molecule has 0 bridgehead atoms. The minimum absolute atomic E-state index is 0.0193. The van der Waals surface area contributed by atoms with E-state index < -0.39 is 22.6 Å². The normalized spacial score (nSPS) is 13.0. The first-order valence-electron chi connectivity index (χ1n) is 9.59. The van der Waals surface area contributed by atoms with E-state index in [1.54, 1.807) is 0 Å². The van der Waals surface area contributed by atoms with Gasteiger partial charge in [-0.15, -0.1) is 0 Å². The van der Waals surface area contributed by atoms with Crippen LogP contribution in [0.5, 0.6) is 0 Å². The number of halogens is 2. The number of hydrogen-bond donors (Lipinski definition) is 1. The summed E-state index contributed by atoms with van der Waals surface area (Å²) in [5.41, 5.74) is 0.287. The zero-order valence-electron chi connectivity index (χ0n) is 17.3. The largest absolute Gasteiger partial charge is 0.307 e. The molecule has 2 atom stereocenters. The van der Waals surface area contributed by atoms with Crippen molar-refractivity contribution in [1.82, 2.24) is 5.32 Å². The molecule has 2 unspecified atom stereocenters. The third-order valence-electron chi connectivity index (χ3n) is 4.87. The SMILES string of the molecule is CCC(NC(C)CC(C)=O)c1ccc(Cl)c(C(=O)c2ccc([N+](=O)[O-])c(C)c2)c1F. The number of carbonyl (C=O) groups is 2. The molecule has 0 heterocycles. The molecule has 0 aliphatic heterocycles. The molecule has 0 saturated heterocycles. The number of Topliss-reactive ketones (excluding diaryl/α,β-unsaturated/α-hetero) is 1. The minimum Gasteiger partial charge on any atom is -0.307 e. The molecular formula is C22H24ClFN2O4. The highest BCUT2D eigenvalue weighted by molar-refractivity contribution is 6.35. The Morgan fingerprint density at radius 3 is 2.47 bits per heavy atom. The van der Waals surface area contributed by atoms with Crippen LogP contribution >= 0.6 is 11.6 Å². The maximum absolute atomic E-state index is 15.4. The molecule has 2 aromatic carbocycles. The average Bonchev–Trinajstić information content (AvgIpc) is 2.65. The lowest BCUT2D eigenvalue weighted by Crippen LogP contribution is -2.32. The van der Waals surface area contributed by atoms with Gasteiger partial charge in [-0.1, -0.05) is 24.6 Å². The quantitative estimate of drug-likeness (QED) is 0.327. The highest BCUT2D eigenvalue weighted by atomic mass is 35.5. The zero-order chi connectivity index (χ0) is 22.6. The molecule has 0 aliphatic carbocycles. The van der Waals surface area contributed by atoms with Gasteiger partial charge in [-0.05, 0) is 45.4 Å². The second-order valence-electron chi connectivity index (χ2n) is 7.35. The molecule has 0 spiro atoms. The van der Waals surface area contributed by atoms with Gasteiger partial charge in [-0.2, -0.15) is 0 Å². The van der Waals surface area contributed by atoms with E-state index in [1.165, 1.54) is 44.2 Å². The monoisotopic (exact) mass is 434 g/mol. The van der Waals surface area contributed by atoms with Crippen molar-refractivity contribution in [3.8, 4) is 0 Å². The van der Waals surface area contributed by atoms with Crippen molar-refractivity contribution in [3.05, 3.63) is 73.5 Å². The second kappa shape index (κ2) is 9.91. The van der Waals surface area contributed by atoms with Gasteiger partial charge >= 0.3 is 0 Å². The summed E-state index contributed by atoms with van der Waals surface area (Å²) in [6.07, 6.45) is 0.838. The smallest absolute Gasteiger partial charge is 0.272 e. The van der Waals surface area contributed by atoms with E-state index >= 15 is 4.39 Å². The van der Waals surface area contributed by atoms with Gasteiger partial charge in [0.05, 0.1) is 15.5 Å². The highest BCUT2D eigenvalue weighted by Gasteiger charge is 2.25. The molecule has 0 aromatic heterocycles. The lowest BCUT2D eigenvalue weighted by molar-refractivity contribution is -0.385. The molecule has 2 aromatic rings. The maximum atomic E-state index is 15.4. The van der Waals surface area contributed by atoms with E-state index in [0.717, 1.165) is 0 Å². The third-order valence-corrected chi connectivity index (χ3v) is 5.18. The van der Waals surface area contributed by atoms with E-state index in [2.05, 4.69) is 5.32 Å². The van der Waals surface area contributed by atoms with Crippen LogP contribution in [0.2, 0.25) is 5.02 Å². The van der Waals surface area contributed by atoms with Gasteiger partial charge in [-0.25, -0.2) is 4.39 Å². The fourth-order valence-electron chi connectivity index (χ4n) is 3.45. The van der Waals surface area contributed by atoms with Crippen molar-refractivity contribution in [1.29, 1.82) is 0 Å². The number of hydrogen-bond acceptors (Lipinski definition) is 5. The molecule has 0 fully saturated rings. The predicted octanol–water partition coefficient (Wildman–Crippen LogP) is 5.34. The van der Waals surface area contributed by atoms with Gasteiger partial charge in [0.25, 0.3) is 5.69 Å². The number of nitro groups is 1. The van der Waals surface area contributed by atoms with Crippen molar-refractivity contribution in [2.24, 2.45) is 0 Å². The van der Waals surface area contributed by atoms with Crippen molar-refractivity contribution in [2.45, 2.75) is 52.6 Å². The minimum atomic E-state index is -0.738. The number of rotatable bonds is 9. The first kappa shape index (κ1) is 23.6. The standard InChI is InChI=1S/C22H24ClFN2O4/c1-5-18(25-13(3)11-14(4)27)16-7-8-17(23)20(21(16)24)22(28)15-6-9-19(26(29)30)12(2)10-15/h6-10,13,18,25H,5,11H2,1-4H3. The predicted molar refractivity (Wildman–Crippen MR) is 114 cm³/mol. The fraction of sp³-hybridized carbons (Fsp3) is 0.364. The Labute approximate surface area is 179 Å². The van der Waals surface area contributed by atoms with Gasteiger partial charge in [0.2, 0.25) is 0 Å². The number of nitrogens with one attached hydrogen (secondary N) is 1. The average molecular weight is 435 g/mol. The van der Waals surface area contributed by atoms with Crippen LogP contribution in [0.4, 0.5) is 10.1 Å². The van der Waals surface area contributed by atoms with Crippen molar-refractivity contribution >= 4 is 28.9 Å². The van der Waals surface area contributed by atoms with Gasteiger partial charge < -0.3 is 5.32 Å². The van der Waals surface area contributed by atoms with Crippen LogP contribution in [0.3, 0.4) is 0 Å². The van der Waals surface area contributed by atoms with E-state index in [9.17, 15) is 19.7 Å². The van der Waals surface area contributed by atoms with Crippen LogP contribution in [0.1, 0.15) is 66.7 Å². The first-order valence-corrected chi connectivity index (χ1v) is 9.97. The molecule has 0 radical (unpaired) electrons. The first-order chi connectivity index (χ1) is 14.1. The van der Waals surface area contributed by atoms with Crippen molar-refractivity contribution in [2.75, 3.05) is 0 Å². The van der Waals surface area contributed by atoms with Gasteiger partial charge in [-0.3, -0.25) is 19.7 Å². The summed E-state index contributed by atoms with van der Waals surface area (Å²) in [7, 11) is 0. The van der Waals surface area contributed by atoms with E-state index in [4.69, 9.17) is 11.6 Å². The Morgan fingerprint density at radius 1 is 1.27 bits per heavy atom. The number of ketones is 2. The topological polar surface area (TPSA) is 89.3 Å². The van der Waals surface area contributed by atoms with Gasteiger partial charge in [0.1, 0.15) is 11.6 Å². The van der Waals surface area contributed by atoms with Gasteiger partial charge in [0, 0.05) is 41.3 Å². The third kappa shape index (κ3) is 5.29.